The molecule has 0 amide bonds. The molecule has 0 aliphatic rings. The van der Waals surface area contributed by atoms with Gasteiger partial charge in [0.2, 0.25) is 5.88 Å². The zero-order valence-electron chi connectivity index (χ0n) is 11.2. The third-order valence-electron chi connectivity index (χ3n) is 3.10. The number of nitrogens with two attached hydrogens (primary N) is 1. The van der Waals surface area contributed by atoms with Crippen LogP contribution in [-0.4, -0.2) is 9.97 Å². The molecule has 4 nitrogen and oxygen atoms in total. The molecule has 0 aliphatic heterocycles. The molecular formula is C16H15N3O. The molecule has 0 radical (unpaired) electrons. The van der Waals surface area contributed by atoms with Crippen molar-refractivity contribution in [1.29, 1.82) is 0 Å². The molecule has 3 rings (SSSR count). The summed E-state index contributed by atoms with van der Waals surface area (Å²) in [7, 11) is 0. The third kappa shape index (κ3) is 2.46. The number of pyridine rings is 2. The predicted molar refractivity (Wildman–Crippen MR) is 78.7 cm³/mol. The van der Waals surface area contributed by atoms with Crippen molar-refractivity contribution in [3.05, 3.63) is 60.4 Å². The van der Waals surface area contributed by atoms with E-state index in [1.54, 1.807) is 12.4 Å². The zero-order chi connectivity index (χ0) is 13.9. The maximum Gasteiger partial charge on any atom is 0.219 e. The van der Waals surface area contributed by atoms with E-state index >= 15 is 0 Å². The zero-order valence-corrected chi connectivity index (χ0v) is 11.2. The molecule has 100 valence electrons. The van der Waals surface area contributed by atoms with Gasteiger partial charge in [-0.1, -0.05) is 24.3 Å². The van der Waals surface area contributed by atoms with Crippen molar-refractivity contribution in [1.82, 2.24) is 9.97 Å². The van der Waals surface area contributed by atoms with Gasteiger partial charge in [-0.15, -0.1) is 0 Å². The number of hydrogen-bond acceptors (Lipinski definition) is 4. The average Bonchev–Trinajstić information content (AvgIpc) is 2.48. The van der Waals surface area contributed by atoms with Gasteiger partial charge in [0.15, 0.2) is 5.75 Å². The summed E-state index contributed by atoms with van der Waals surface area (Å²) >= 11 is 0. The molecule has 1 aromatic carbocycles. The molecule has 2 heterocycles. The normalized spacial score (nSPS) is 12.3. The maximum atomic E-state index is 5.81. The van der Waals surface area contributed by atoms with Crippen LogP contribution in [-0.2, 0) is 0 Å². The van der Waals surface area contributed by atoms with Crippen molar-refractivity contribution in [3.63, 3.8) is 0 Å². The summed E-state index contributed by atoms with van der Waals surface area (Å²) in [5.41, 5.74) is 7.61. The summed E-state index contributed by atoms with van der Waals surface area (Å²) in [5, 5.41) is 1.04. The van der Waals surface area contributed by atoms with Crippen LogP contribution in [0.1, 0.15) is 18.5 Å². The summed E-state index contributed by atoms with van der Waals surface area (Å²) < 4.78 is 5.81. The molecule has 0 saturated carbocycles. The summed E-state index contributed by atoms with van der Waals surface area (Å²) in [4.78, 5) is 8.62. The Morgan fingerprint density at radius 2 is 1.90 bits per heavy atom. The van der Waals surface area contributed by atoms with E-state index in [2.05, 4.69) is 9.97 Å². The lowest BCUT2D eigenvalue weighted by atomic mass is 10.2. The molecule has 0 saturated heterocycles. The maximum absolute atomic E-state index is 5.81. The van der Waals surface area contributed by atoms with Crippen LogP contribution < -0.4 is 10.5 Å². The fourth-order valence-electron chi connectivity index (χ4n) is 1.99. The van der Waals surface area contributed by atoms with Crippen molar-refractivity contribution in [3.8, 4) is 11.6 Å². The van der Waals surface area contributed by atoms with E-state index in [1.807, 2.05) is 49.4 Å². The number of para-hydroxylation sites is 1. The van der Waals surface area contributed by atoms with Gasteiger partial charge < -0.3 is 10.5 Å². The van der Waals surface area contributed by atoms with Crippen LogP contribution >= 0.6 is 0 Å². The van der Waals surface area contributed by atoms with E-state index in [1.165, 1.54) is 0 Å². The fourth-order valence-corrected chi connectivity index (χ4v) is 1.99. The number of aromatic nitrogens is 2. The minimum absolute atomic E-state index is 0.0317. The first-order valence-electron chi connectivity index (χ1n) is 6.47. The first-order chi connectivity index (χ1) is 9.74. The number of nitrogens with zero attached hydrogens (tertiary/aromatic N) is 2. The molecule has 4 heteroatoms. The Labute approximate surface area is 117 Å². The van der Waals surface area contributed by atoms with Crippen LogP contribution in [0.5, 0.6) is 11.6 Å². The minimum Gasteiger partial charge on any atom is -0.437 e. The number of hydrogen-bond donors (Lipinski definition) is 1. The number of benzene rings is 1. The van der Waals surface area contributed by atoms with Crippen LogP contribution in [0, 0.1) is 0 Å². The molecule has 1 unspecified atom stereocenters. The average molecular weight is 265 g/mol. The van der Waals surface area contributed by atoms with Crippen molar-refractivity contribution in [2.24, 2.45) is 5.73 Å². The number of rotatable bonds is 3. The van der Waals surface area contributed by atoms with Crippen LogP contribution in [0.15, 0.2) is 54.9 Å². The molecule has 1 atom stereocenters. The van der Waals surface area contributed by atoms with Gasteiger partial charge in [0.05, 0.1) is 0 Å². The smallest absolute Gasteiger partial charge is 0.219 e. The van der Waals surface area contributed by atoms with Gasteiger partial charge in [-0.05, 0) is 24.6 Å². The molecule has 0 fully saturated rings. The molecule has 2 aromatic heterocycles. The number of fused-ring (bicyclic) bond motifs is 1. The van der Waals surface area contributed by atoms with Crippen molar-refractivity contribution in [2.45, 2.75) is 13.0 Å². The Morgan fingerprint density at radius 1 is 1.05 bits per heavy atom. The first kappa shape index (κ1) is 12.6. The minimum atomic E-state index is -0.0317. The third-order valence-corrected chi connectivity index (χ3v) is 3.10. The Kier molecular flexibility index (Phi) is 3.31. The standard InChI is InChI=1S/C16H15N3O/c1-11(17)13-7-8-15(19-10-13)20-14-6-2-4-12-5-3-9-18-16(12)14/h2-11H,17H2,1H3. The molecule has 20 heavy (non-hydrogen) atoms. The highest BCUT2D eigenvalue weighted by molar-refractivity contribution is 5.84. The van der Waals surface area contributed by atoms with E-state index in [4.69, 9.17) is 10.5 Å². The highest BCUT2D eigenvalue weighted by Crippen LogP contribution is 2.27. The van der Waals surface area contributed by atoms with Crippen LogP contribution in [0.4, 0.5) is 0 Å². The van der Waals surface area contributed by atoms with Gasteiger partial charge in [0.1, 0.15) is 5.52 Å². The molecule has 0 bridgehead atoms. The molecule has 0 aliphatic carbocycles. The van der Waals surface area contributed by atoms with E-state index in [9.17, 15) is 0 Å². The Hall–Kier alpha value is -2.46. The van der Waals surface area contributed by atoms with Crippen molar-refractivity contribution in [2.75, 3.05) is 0 Å². The highest BCUT2D eigenvalue weighted by Gasteiger charge is 2.06. The lowest BCUT2D eigenvalue weighted by Gasteiger charge is -2.09. The Morgan fingerprint density at radius 3 is 2.65 bits per heavy atom. The Bertz CT molecular complexity index is 718. The highest BCUT2D eigenvalue weighted by atomic mass is 16.5. The van der Waals surface area contributed by atoms with Gasteiger partial charge in [-0.2, -0.15) is 0 Å². The molecule has 3 aromatic rings. The first-order valence-corrected chi connectivity index (χ1v) is 6.47. The predicted octanol–water partition coefficient (Wildman–Crippen LogP) is 3.44. The molecular weight excluding hydrogens is 250 g/mol. The topological polar surface area (TPSA) is 61.0 Å². The second kappa shape index (κ2) is 5.27. The van der Waals surface area contributed by atoms with Crippen molar-refractivity contribution >= 4 is 10.9 Å². The molecule has 2 N–H and O–H groups in total. The van der Waals surface area contributed by atoms with Crippen LogP contribution in [0.2, 0.25) is 0 Å². The van der Waals surface area contributed by atoms with Gasteiger partial charge in [-0.3, -0.25) is 4.98 Å². The van der Waals surface area contributed by atoms with E-state index < -0.39 is 0 Å². The molecule has 0 spiro atoms. The summed E-state index contributed by atoms with van der Waals surface area (Å²) in [6.45, 7) is 1.92. The van der Waals surface area contributed by atoms with Gasteiger partial charge in [0, 0.05) is 29.9 Å². The van der Waals surface area contributed by atoms with Crippen LogP contribution in [0.3, 0.4) is 0 Å². The summed E-state index contributed by atoms with van der Waals surface area (Å²) in [5.74, 6) is 1.23. The fraction of sp³-hybridized carbons (Fsp3) is 0.125. The van der Waals surface area contributed by atoms with Gasteiger partial charge in [0.25, 0.3) is 0 Å². The summed E-state index contributed by atoms with van der Waals surface area (Å²) in [6, 6.07) is 13.4. The lowest BCUT2D eigenvalue weighted by Crippen LogP contribution is -2.05. The second-order valence-electron chi connectivity index (χ2n) is 4.65. The van der Waals surface area contributed by atoms with E-state index in [-0.39, 0.29) is 6.04 Å². The monoisotopic (exact) mass is 265 g/mol. The Balaban J connectivity index is 1.93. The number of ether oxygens (including phenoxy) is 1. The van der Waals surface area contributed by atoms with Gasteiger partial charge >= 0.3 is 0 Å². The van der Waals surface area contributed by atoms with E-state index in [0.717, 1.165) is 16.5 Å². The summed E-state index contributed by atoms with van der Waals surface area (Å²) in [6.07, 6.45) is 3.49. The van der Waals surface area contributed by atoms with Crippen molar-refractivity contribution < 1.29 is 4.74 Å². The SMILES string of the molecule is CC(N)c1ccc(Oc2cccc3cccnc23)nc1. The van der Waals surface area contributed by atoms with Gasteiger partial charge in [-0.25, -0.2) is 4.98 Å². The lowest BCUT2D eigenvalue weighted by molar-refractivity contribution is 0.466. The van der Waals surface area contributed by atoms with E-state index in [0.29, 0.717) is 11.6 Å². The van der Waals surface area contributed by atoms with Crippen LogP contribution in [0.25, 0.3) is 10.9 Å². The largest absolute Gasteiger partial charge is 0.437 e. The quantitative estimate of drug-likeness (QED) is 0.788. The second-order valence-corrected chi connectivity index (χ2v) is 4.65.